The normalized spacial score (nSPS) is 14.6. The van der Waals surface area contributed by atoms with Gasteiger partial charge in [-0.1, -0.05) is 12.6 Å². The summed E-state index contributed by atoms with van der Waals surface area (Å²) in [7, 11) is 0. The third-order valence-electron chi connectivity index (χ3n) is 3.78. The van der Waals surface area contributed by atoms with Gasteiger partial charge in [-0.15, -0.1) is 0 Å². The van der Waals surface area contributed by atoms with E-state index in [0.717, 1.165) is 35.7 Å². The van der Waals surface area contributed by atoms with Crippen LogP contribution < -0.4 is 16.5 Å². The van der Waals surface area contributed by atoms with Gasteiger partial charge in [0.25, 0.3) is 0 Å². The fraction of sp³-hybridized carbons (Fsp3) is 0.235. The number of benzene rings is 1. The summed E-state index contributed by atoms with van der Waals surface area (Å²) < 4.78 is 0. The van der Waals surface area contributed by atoms with Crippen molar-refractivity contribution in [2.45, 2.75) is 12.8 Å². The Labute approximate surface area is 130 Å². The number of nitrogens with one attached hydrogen (secondary N) is 2. The highest BCUT2D eigenvalue weighted by Crippen LogP contribution is 2.28. The van der Waals surface area contributed by atoms with Crippen LogP contribution in [0.15, 0.2) is 55.1 Å². The molecule has 22 heavy (non-hydrogen) atoms. The number of anilines is 2. The van der Waals surface area contributed by atoms with Crippen LogP contribution in [0.2, 0.25) is 0 Å². The van der Waals surface area contributed by atoms with E-state index in [1.807, 2.05) is 35.3 Å². The average Bonchev–Trinajstić information content (AvgIpc) is 2.58. The van der Waals surface area contributed by atoms with E-state index in [9.17, 15) is 0 Å². The number of hydrogen-bond donors (Lipinski definition) is 3. The van der Waals surface area contributed by atoms with Crippen LogP contribution in [0, 0.1) is 0 Å². The minimum atomic E-state index is 0.705. The van der Waals surface area contributed by atoms with Crippen LogP contribution in [0.5, 0.6) is 0 Å². The third kappa shape index (κ3) is 3.20. The molecule has 5 heteroatoms. The van der Waals surface area contributed by atoms with Gasteiger partial charge in [0.2, 0.25) is 0 Å². The Morgan fingerprint density at radius 1 is 1.18 bits per heavy atom. The first-order valence-electron chi connectivity index (χ1n) is 7.51. The van der Waals surface area contributed by atoms with Crippen LogP contribution in [0.4, 0.5) is 11.4 Å². The van der Waals surface area contributed by atoms with Gasteiger partial charge < -0.3 is 11.1 Å². The number of hydrazine groups is 1. The molecule has 0 atom stereocenters. The van der Waals surface area contributed by atoms with Crippen LogP contribution in [0.25, 0.3) is 11.1 Å². The molecule has 4 N–H and O–H groups in total. The van der Waals surface area contributed by atoms with Crippen molar-refractivity contribution in [2.24, 2.45) is 0 Å². The summed E-state index contributed by atoms with van der Waals surface area (Å²) >= 11 is 0. The molecule has 114 valence electrons. The fourth-order valence-electron chi connectivity index (χ4n) is 2.53. The number of nitrogen functional groups attached to an aromatic ring is 1. The maximum absolute atomic E-state index is 6.09. The molecule has 5 nitrogen and oxygen atoms in total. The second kappa shape index (κ2) is 6.49. The largest absolute Gasteiger partial charge is 0.397 e. The van der Waals surface area contributed by atoms with Gasteiger partial charge in [-0.25, -0.2) is 5.43 Å². The number of pyridine rings is 1. The number of aromatic nitrogens is 1. The second-order valence-electron chi connectivity index (χ2n) is 5.38. The van der Waals surface area contributed by atoms with E-state index in [-0.39, 0.29) is 0 Å². The molecular weight excluding hydrogens is 274 g/mol. The lowest BCUT2D eigenvalue weighted by atomic mass is 10.1. The minimum absolute atomic E-state index is 0.705. The minimum Gasteiger partial charge on any atom is -0.397 e. The molecular formula is C17H21N5. The highest BCUT2D eigenvalue weighted by atomic mass is 15.5. The molecule has 1 aliphatic rings. The first kappa shape index (κ1) is 14.4. The molecule has 0 spiro atoms. The number of hydrogen-bond acceptors (Lipinski definition) is 5. The maximum Gasteiger partial charge on any atom is 0.113 e. The lowest BCUT2D eigenvalue weighted by Crippen LogP contribution is -2.43. The predicted octanol–water partition coefficient (Wildman–Crippen LogP) is 2.81. The molecule has 2 aromatic rings. The molecule has 1 aromatic heterocycles. The molecule has 0 unspecified atom stereocenters. The summed E-state index contributed by atoms with van der Waals surface area (Å²) in [6.45, 7) is 6.04. The lowest BCUT2D eigenvalue weighted by Gasteiger charge is -2.31. The zero-order valence-electron chi connectivity index (χ0n) is 12.5. The van der Waals surface area contributed by atoms with Crippen molar-refractivity contribution >= 4 is 11.4 Å². The summed E-state index contributed by atoms with van der Waals surface area (Å²) in [6, 6.07) is 9.93. The number of nitrogens with zero attached hydrogens (tertiary/aromatic N) is 2. The van der Waals surface area contributed by atoms with Gasteiger partial charge in [0.1, 0.15) is 5.82 Å². The quantitative estimate of drug-likeness (QED) is 0.757. The van der Waals surface area contributed by atoms with Crippen molar-refractivity contribution in [1.82, 2.24) is 15.4 Å². The summed E-state index contributed by atoms with van der Waals surface area (Å²) in [5.41, 5.74) is 13.2. The average molecular weight is 295 g/mol. The Bertz CT molecular complexity index is 647. The van der Waals surface area contributed by atoms with E-state index in [2.05, 4.69) is 22.3 Å². The molecule has 0 aliphatic carbocycles. The van der Waals surface area contributed by atoms with Gasteiger partial charge in [0.05, 0.1) is 11.4 Å². The number of rotatable bonds is 4. The topological polar surface area (TPSA) is 66.2 Å². The van der Waals surface area contributed by atoms with E-state index in [4.69, 9.17) is 5.73 Å². The maximum atomic E-state index is 6.09. The third-order valence-corrected chi connectivity index (χ3v) is 3.78. The van der Waals surface area contributed by atoms with E-state index in [1.165, 1.54) is 12.8 Å². The highest BCUT2D eigenvalue weighted by Gasteiger charge is 2.12. The predicted molar refractivity (Wildman–Crippen MR) is 90.8 cm³/mol. The van der Waals surface area contributed by atoms with Crippen molar-refractivity contribution in [3.63, 3.8) is 0 Å². The molecule has 1 aromatic carbocycles. The molecule has 0 bridgehead atoms. The zero-order chi connectivity index (χ0) is 15.4. The van der Waals surface area contributed by atoms with Gasteiger partial charge in [0.15, 0.2) is 0 Å². The van der Waals surface area contributed by atoms with Crippen LogP contribution in [0.1, 0.15) is 12.8 Å². The summed E-state index contributed by atoms with van der Waals surface area (Å²) in [6.07, 6.45) is 5.94. The molecule has 2 heterocycles. The Morgan fingerprint density at radius 3 is 2.73 bits per heavy atom. The van der Waals surface area contributed by atoms with E-state index in [1.54, 1.807) is 12.4 Å². The summed E-state index contributed by atoms with van der Waals surface area (Å²) in [5.74, 6) is 0.818. The van der Waals surface area contributed by atoms with Gasteiger partial charge in [-0.2, -0.15) is 0 Å². The lowest BCUT2D eigenvalue weighted by molar-refractivity contribution is 0.207. The highest BCUT2D eigenvalue weighted by molar-refractivity contribution is 5.76. The van der Waals surface area contributed by atoms with Gasteiger partial charge in [-0.3, -0.25) is 9.99 Å². The van der Waals surface area contributed by atoms with Crippen molar-refractivity contribution in [3.05, 3.63) is 55.1 Å². The Kier molecular flexibility index (Phi) is 4.25. The van der Waals surface area contributed by atoms with Crippen molar-refractivity contribution in [3.8, 4) is 11.1 Å². The Morgan fingerprint density at radius 2 is 2.00 bits per heavy atom. The Balaban J connectivity index is 1.79. The number of nitrogens with two attached hydrogens (primary N) is 1. The molecule has 0 radical (unpaired) electrons. The van der Waals surface area contributed by atoms with Crippen LogP contribution >= 0.6 is 0 Å². The van der Waals surface area contributed by atoms with Crippen LogP contribution in [-0.2, 0) is 0 Å². The fourth-order valence-corrected chi connectivity index (χ4v) is 2.53. The van der Waals surface area contributed by atoms with Gasteiger partial charge >= 0.3 is 0 Å². The Hall–Kier alpha value is -2.53. The van der Waals surface area contributed by atoms with Gasteiger partial charge in [-0.05, 0) is 48.2 Å². The molecule has 1 saturated heterocycles. The first-order chi connectivity index (χ1) is 10.7. The van der Waals surface area contributed by atoms with Gasteiger partial charge in [0, 0.05) is 25.5 Å². The molecule has 0 saturated carbocycles. The van der Waals surface area contributed by atoms with E-state index in [0.29, 0.717) is 5.69 Å². The molecule has 3 rings (SSSR count). The molecule has 0 amide bonds. The standard InChI is InChI=1S/C17H21N5/c1-13(22-11-3-2-8-20-22)21-17-12-15(4-5-16(17)18)14-6-9-19-10-7-14/h4-7,9-10,12,20-21H,1-3,8,11,18H2. The second-order valence-corrected chi connectivity index (χ2v) is 5.38. The smallest absolute Gasteiger partial charge is 0.113 e. The summed E-state index contributed by atoms with van der Waals surface area (Å²) in [5, 5.41) is 5.36. The summed E-state index contributed by atoms with van der Waals surface area (Å²) in [4.78, 5) is 4.05. The van der Waals surface area contributed by atoms with Crippen molar-refractivity contribution < 1.29 is 0 Å². The van der Waals surface area contributed by atoms with Crippen molar-refractivity contribution in [1.29, 1.82) is 0 Å². The SMILES string of the molecule is C=C(Nc1cc(-c2ccncc2)ccc1N)N1CCCCN1. The van der Waals surface area contributed by atoms with E-state index < -0.39 is 0 Å². The molecule has 1 fully saturated rings. The molecule has 1 aliphatic heterocycles. The first-order valence-corrected chi connectivity index (χ1v) is 7.51. The monoisotopic (exact) mass is 295 g/mol. The van der Waals surface area contributed by atoms with E-state index >= 15 is 0 Å². The van der Waals surface area contributed by atoms with Crippen LogP contribution in [-0.4, -0.2) is 23.1 Å². The van der Waals surface area contributed by atoms with Crippen LogP contribution in [0.3, 0.4) is 0 Å². The zero-order valence-corrected chi connectivity index (χ0v) is 12.5. The van der Waals surface area contributed by atoms with Crippen molar-refractivity contribution in [2.75, 3.05) is 24.1 Å².